The maximum atomic E-state index is 12.5. The van der Waals surface area contributed by atoms with Crippen LogP contribution in [-0.2, 0) is 4.79 Å². The lowest BCUT2D eigenvalue weighted by Gasteiger charge is -2.11. The highest BCUT2D eigenvalue weighted by Crippen LogP contribution is 2.32. The minimum atomic E-state index is -0.124. The molecule has 31 heavy (non-hydrogen) atoms. The number of hydrogen-bond acceptors (Lipinski definition) is 4. The molecule has 156 valence electrons. The Morgan fingerprint density at radius 2 is 1.84 bits per heavy atom. The van der Waals surface area contributed by atoms with Gasteiger partial charge in [0.15, 0.2) is 11.0 Å². The highest BCUT2D eigenvalue weighted by Gasteiger charge is 2.19. The summed E-state index contributed by atoms with van der Waals surface area (Å²) in [6.45, 7) is 2.03. The molecular formula is C23H18BrClN4OS. The molecule has 0 radical (unpaired) electrons. The number of anilines is 1. The number of carbonyl (C=O) groups excluding carboxylic acids is 1. The molecule has 0 aliphatic heterocycles. The number of nitrogens with one attached hydrogen (secondary N) is 1. The van der Waals surface area contributed by atoms with Crippen LogP contribution in [0.1, 0.15) is 5.56 Å². The van der Waals surface area contributed by atoms with Crippen LogP contribution in [0.25, 0.3) is 17.1 Å². The number of thioether (sulfide) groups is 1. The molecule has 0 spiro atoms. The first-order valence-corrected chi connectivity index (χ1v) is 11.6. The second-order valence-corrected chi connectivity index (χ2v) is 9.07. The monoisotopic (exact) mass is 512 g/mol. The molecule has 0 unspecified atom stereocenters. The van der Waals surface area contributed by atoms with E-state index in [-0.39, 0.29) is 11.7 Å². The Hall–Kier alpha value is -2.61. The Kier molecular flexibility index (Phi) is 6.75. The summed E-state index contributed by atoms with van der Waals surface area (Å²) in [5, 5.41) is 12.8. The van der Waals surface area contributed by atoms with Crippen molar-refractivity contribution in [3.8, 4) is 17.1 Å². The number of amides is 1. The first-order chi connectivity index (χ1) is 15.0. The zero-order valence-corrected chi connectivity index (χ0v) is 19.7. The summed E-state index contributed by atoms with van der Waals surface area (Å²) < 4.78 is 2.83. The fourth-order valence-electron chi connectivity index (χ4n) is 3.00. The predicted molar refractivity (Wildman–Crippen MR) is 130 cm³/mol. The van der Waals surface area contributed by atoms with Crippen molar-refractivity contribution in [2.75, 3.05) is 11.1 Å². The van der Waals surface area contributed by atoms with E-state index >= 15 is 0 Å². The number of aromatic nitrogens is 3. The van der Waals surface area contributed by atoms with Crippen LogP contribution in [0.4, 0.5) is 5.69 Å². The number of hydrogen-bond donors (Lipinski definition) is 1. The summed E-state index contributed by atoms with van der Waals surface area (Å²) in [6, 6.07) is 23.1. The largest absolute Gasteiger partial charge is 0.325 e. The molecule has 0 saturated heterocycles. The quantitative estimate of drug-likeness (QED) is 0.304. The van der Waals surface area contributed by atoms with Gasteiger partial charge in [0.1, 0.15) is 0 Å². The third kappa shape index (κ3) is 5.18. The number of rotatable bonds is 6. The molecule has 0 fully saturated rings. The average Bonchev–Trinajstić information content (AvgIpc) is 3.17. The lowest BCUT2D eigenvalue weighted by molar-refractivity contribution is -0.113. The molecule has 0 aliphatic carbocycles. The Bertz CT molecular complexity index is 1230. The van der Waals surface area contributed by atoms with Crippen molar-refractivity contribution in [3.05, 3.63) is 87.9 Å². The normalized spacial score (nSPS) is 10.8. The first-order valence-electron chi connectivity index (χ1n) is 9.47. The Morgan fingerprint density at radius 3 is 2.58 bits per heavy atom. The topological polar surface area (TPSA) is 59.8 Å². The second-order valence-electron chi connectivity index (χ2n) is 6.80. The number of halogens is 2. The van der Waals surface area contributed by atoms with Crippen molar-refractivity contribution in [1.29, 1.82) is 0 Å². The van der Waals surface area contributed by atoms with E-state index in [1.165, 1.54) is 11.8 Å². The second kappa shape index (κ2) is 9.68. The third-order valence-electron chi connectivity index (χ3n) is 4.48. The van der Waals surface area contributed by atoms with Gasteiger partial charge in [-0.15, -0.1) is 10.2 Å². The molecule has 1 amide bonds. The van der Waals surface area contributed by atoms with Gasteiger partial charge in [0.25, 0.3) is 0 Å². The van der Waals surface area contributed by atoms with E-state index in [2.05, 4.69) is 31.4 Å². The molecule has 1 heterocycles. The average molecular weight is 514 g/mol. The van der Waals surface area contributed by atoms with Gasteiger partial charge in [-0.1, -0.05) is 75.2 Å². The van der Waals surface area contributed by atoms with Gasteiger partial charge in [-0.3, -0.25) is 9.36 Å². The lowest BCUT2D eigenvalue weighted by atomic mass is 10.2. The number of benzene rings is 3. The van der Waals surface area contributed by atoms with E-state index in [0.29, 0.717) is 16.0 Å². The van der Waals surface area contributed by atoms with Gasteiger partial charge in [0.2, 0.25) is 5.91 Å². The summed E-state index contributed by atoms with van der Waals surface area (Å²) in [5.41, 5.74) is 3.57. The van der Waals surface area contributed by atoms with Crippen molar-refractivity contribution in [3.63, 3.8) is 0 Å². The smallest absolute Gasteiger partial charge is 0.234 e. The number of aryl methyl sites for hydroxylation is 1. The molecule has 5 nitrogen and oxygen atoms in total. The van der Waals surface area contributed by atoms with Crippen LogP contribution in [-0.4, -0.2) is 26.4 Å². The van der Waals surface area contributed by atoms with Gasteiger partial charge in [-0.2, -0.15) is 0 Å². The van der Waals surface area contributed by atoms with Crippen LogP contribution in [0.15, 0.2) is 82.4 Å². The van der Waals surface area contributed by atoms with Gasteiger partial charge >= 0.3 is 0 Å². The standard InChI is InChI=1S/C23H18BrClN4OS/c1-15-9-11-18(12-10-15)29-22(19-7-2-3-8-20(19)25)27-28-23(29)31-14-21(30)26-17-6-4-5-16(24)13-17/h2-13H,14H2,1H3,(H,26,30). The molecule has 8 heteroatoms. The highest BCUT2D eigenvalue weighted by atomic mass is 79.9. The zero-order valence-electron chi connectivity index (χ0n) is 16.5. The molecule has 0 saturated carbocycles. The Morgan fingerprint density at radius 1 is 1.06 bits per heavy atom. The van der Waals surface area contributed by atoms with Crippen molar-refractivity contribution < 1.29 is 4.79 Å². The summed E-state index contributed by atoms with van der Waals surface area (Å²) >= 11 is 11.2. The Balaban J connectivity index is 1.62. The van der Waals surface area contributed by atoms with Crippen LogP contribution in [0.2, 0.25) is 5.02 Å². The molecule has 3 aromatic carbocycles. The molecule has 4 rings (SSSR count). The zero-order chi connectivity index (χ0) is 21.8. The van der Waals surface area contributed by atoms with Crippen LogP contribution < -0.4 is 5.32 Å². The molecule has 1 aromatic heterocycles. The van der Waals surface area contributed by atoms with Crippen molar-refractivity contribution in [2.24, 2.45) is 0 Å². The van der Waals surface area contributed by atoms with E-state index < -0.39 is 0 Å². The Labute approximate surface area is 198 Å². The fraction of sp³-hybridized carbons (Fsp3) is 0.0870. The lowest BCUT2D eigenvalue weighted by Crippen LogP contribution is -2.14. The maximum Gasteiger partial charge on any atom is 0.234 e. The van der Waals surface area contributed by atoms with Gasteiger partial charge in [-0.05, 0) is 49.4 Å². The van der Waals surface area contributed by atoms with Crippen molar-refractivity contribution in [1.82, 2.24) is 14.8 Å². The van der Waals surface area contributed by atoms with Crippen molar-refractivity contribution >= 4 is 50.9 Å². The third-order valence-corrected chi connectivity index (χ3v) is 6.23. The van der Waals surface area contributed by atoms with Crippen LogP contribution in [0.3, 0.4) is 0 Å². The van der Waals surface area contributed by atoms with Gasteiger partial charge in [0.05, 0.1) is 10.8 Å². The molecule has 1 N–H and O–H groups in total. The van der Waals surface area contributed by atoms with Crippen LogP contribution in [0.5, 0.6) is 0 Å². The number of nitrogens with zero attached hydrogens (tertiary/aromatic N) is 3. The SMILES string of the molecule is Cc1ccc(-n2c(SCC(=O)Nc3cccc(Br)c3)nnc2-c2ccccc2Cl)cc1. The van der Waals surface area contributed by atoms with E-state index in [9.17, 15) is 4.79 Å². The predicted octanol–water partition coefficient (Wildman–Crippen LogP) is 6.39. The van der Waals surface area contributed by atoms with Gasteiger partial charge in [-0.25, -0.2) is 0 Å². The molecule has 0 aliphatic rings. The fourth-order valence-corrected chi connectivity index (χ4v) is 4.37. The van der Waals surface area contributed by atoms with E-state index in [4.69, 9.17) is 11.6 Å². The van der Waals surface area contributed by atoms with Crippen LogP contribution >= 0.6 is 39.3 Å². The summed E-state index contributed by atoms with van der Waals surface area (Å²) in [7, 11) is 0. The van der Waals surface area contributed by atoms with Gasteiger partial charge < -0.3 is 5.32 Å². The summed E-state index contributed by atoms with van der Waals surface area (Å²) in [4.78, 5) is 12.5. The minimum Gasteiger partial charge on any atom is -0.325 e. The maximum absolute atomic E-state index is 12.5. The summed E-state index contributed by atoms with van der Waals surface area (Å²) in [5.74, 6) is 0.698. The van der Waals surface area contributed by atoms with Crippen LogP contribution in [0, 0.1) is 6.92 Å². The number of carbonyl (C=O) groups is 1. The summed E-state index contributed by atoms with van der Waals surface area (Å²) in [6.07, 6.45) is 0. The molecule has 0 bridgehead atoms. The van der Waals surface area contributed by atoms with E-state index in [0.717, 1.165) is 27.0 Å². The van der Waals surface area contributed by atoms with E-state index in [1.54, 1.807) is 0 Å². The highest BCUT2D eigenvalue weighted by molar-refractivity contribution is 9.10. The van der Waals surface area contributed by atoms with Gasteiger partial charge in [0, 0.05) is 21.4 Å². The molecular weight excluding hydrogens is 496 g/mol. The molecule has 0 atom stereocenters. The minimum absolute atomic E-state index is 0.124. The molecule has 4 aromatic rings. The first kappa shape index (κ1) is 21.6. The van der Waals surface area contributed by atoms with Crippen molar-refractivity contribution in [2.45, 2.75) is 12.1 Å². The van der Waals surface area contributed by atoms with E-state index in [1.807, 2.05) is 84.3 Å².